The van der Waals surface area contributed by atoms with Gasteiger partial charge >= 0.3 is 5.97 Å². The van der Waals surface area contributed by atoms with Crippen molar-refractivity contribution in [2.75, 3.05) is 11.1 Å². The lowest BCUT2D eigenvalue weighted by atomic mass is 10.3. The molecule has 0 aliphatic carbocycles. The zero-order valence-electron chi connectivity index (χ0n) is 11.0. The molecule has 2 N–H and O–H groups in total. The number of thioether (sulfide) groups is 1. The van der Waals surface area contributed by atoms with Crippen molar-refractivity contribution in [1.82, 2.24) is 4.98 Å². The lowest BCUT2D eigenvalue weighted by Gasteiger charge is -2.08. The quantitative estimate of drug-likeness (QED) is 0.796. The largest absolute Gasteiger partial charge is 0.478 e. The number of nitrogens with one attached hydrogen (secondary N) is 1. The summed E-state index contributed by atoms with van der Waals surface area (Å²) in [5.41, 5.74) is 0.459. The van der Waals surface area contributed by atoms with Crippen LogP contribution in [0.5, 0.6) is 0 Å². The Bertz CT molecular complexity index is 725. The summed E-state index contributed by atoms with van der Waals surface area (Å²) < 4.78 is 0. The Morgan fingerprint density at radius 3 is 2.77 bits per heavy atom. The number of pyridine rings is 1. The molecule has 1 amide bonds. The third-order valence-corrected chi connectivity index (χ3v) is 4.11. The van der Waals surface area contributed by atoms with Gasteiger partial charge < -0.3 is 10.4 Å². The number of carboxylic acid groups (broad SMARTS) is 1. The summed E-state index contributed by atoms with van der Waals surface area (Å²) in [4.78, 5) is 26.9. The van der Waals surface area contributed by atoms with Gasteiger partial charge in [-0.1, -0.05) is 35.0 Å². The summed E-state index contributed by atoms with van der Waals surface area (Å²) >= 11 is 12.8. The van der Waals surface area contributed by atoms with Crippen LogP contribution in [0.15, 0.2) is 41.6 Å². The van der Waals surface area contributed by atoms with Crippen LogP contribution < -0.4 is 5.32 Å². The monoisotopic (exact) mass is 356 g/mol. The van der Waals surface area contributed by atoms with Gasteiger partial charge in [0.2, 0.25) is 5.91 Å². The summed E-state index contributed by atoms with van der Waals surface area (Å²) in [6, 6.07) is 7.69. The number of carbonyl (C=O) groups is 2. The van der Waals surface area contributed by atoms with Gasteiger partial charge in [0, 0.05) is 11.2 Å². The molecule has 0 bridgehead atoms. The van der Waals surface area contributed by atoms with Crippen molar-refractivity contribution >= 4 is 52.5 Å². The third-order valence-electron chi connectivity index (χ3n) is 2.54. The first kappa shape index (κ1) is 16.6. The van der Waals surface area contributed by atoms with E-state index in [9.17, 15) is 9.59 Å². The number of rotatable bonds is 5. The molecule has 0 aliphatic heterocycles. The number of carbonyl (C=O) groups excluding carboxylic acids is 1. The van der Waals surface area contributed by atoms with E-state index in [0.717, 1.165) is 11.8 Å². The molecule has 1 aromatic carbocycles. The van der Waals surface area contributed by atoms with Crippen LogP contribution in [0.3, 0.4) is 0 Å². The van der Waals surface area contributed by atoms with Crippen LogP contribution in [-0.4, -0.2) is 27.7 Å². The van der Waals surface area contributed by atoms with E-state index in [4.69, 9.17) is 28.3 Å². The zero-order chi connectivity index (χ0) is 16.1. The second-order valence-electron chi connectivity index (χ2n) is 4.12. The predicted molar refractivity (Wildman–Crippen MR) is 87.0 cm³/mol. The molecular formula is C14H10Cl2N2O3S. The molecule has 0 aliphatic rings. The van der Waals surface area contributed by atoms with Gasteiger partial charge in [-0.05, 0) is 30.3 Å². The number of carboxylic acids is 1. The Balaban J connectivity index is 2.02. The van der Waals surface area contributed by atoms with Gasteiger partial charge in [0.1, 0.15) is 5.03 Å². The normalized spacial score (nSPS) is 10.3. The standard InChI is InChI=1S/C14H10Cl2N2O3S/c15-8-3-4-10(16)11(6-8)18-12(19)7-22-13-9(14(20)21)2-1-5-17-13/h1-6H,7H2,(H,18,19)(H,20,21). The highest BCUT2D eigenvalue weighted by molar-refractivity contribution is 8.00. The highest BCUT2D eigenvalue weighted by atomic mass is 35.5. The summed E-state index contributed by atoms with van der Waals surface area (Å²) in [6.45, 7) is 0. The summed E-state index contributed by atoms with van der Waals surface area (Å²) in [6.07, 6.45) is 1.47. The minimum Gasteiger partial charge on any atom is -0.478 e. The fourth-order valence-electron chi connectivity index (χ4n) is 1.58. The van der Waals surface area contributed by atoms with Crippen LogP contribution in [-0.2, 0) is 4.79 Å². The van der Waals surface area contributed by atoms with Crippen LogP contribution in [0.2, 0.25) is 10.0 Å². The molecule has 2 rings (SSSR count). The molecular weight excluding hydrogens is 347 g/mol. The maximum atomic E-state index is 11.9. The SMILES string of the molecule is O=C(CSc1ncccc1C(=O)O)Nc1cc(Cl)ccc1Cl. The van der Waals surface area contributed by atoms with E-state index in [1.165, 1.54) is 24.4 Å². The van der Waals surface area contributed by atoms with E-state index in [1.54, 1.807) is 12.1 Å². The smallest absolute Gasteiger partial charge is 0.338 e. The van der Waals surface area contributed by atoms with E-state index in [2.05, 4.69) is 10.3 Å². The van der Waals surface area contributed by atoms with Crippen molar-refractivity contribution in [3.63, 3.8) is 0 Å². The number of aromatic carboxylic acids is 1. The highest BCUT2D eigenvalue weighted by Crippen LogP contribution is 2.26. The van der Waals surface area contributed by atoms with Gasteiger partial charge in [-0.3, -0.25) is 4.79 Å². The Labute approximate surface area is 140 Å². The Morgan fingerprint density at radius 1 is 1.27 bits per heavy atom. The van der Waals surface area contributed by atoms with Crippen LogP contribution in [0, 0.1) is 0 Å². The molecule has 0 unspecified atom stereocenters. The second kappa shape index (κ2) is 7.49. The maximum absolute atomic E-state index is 11.9. The molecule has 0 radical (unpaired) electrons. The van der Waals surface area contributed by atoms with E-state index >= 15 is 0 Å². The molecule has 0 saturated carbocycles. The van der Waals surface area contributed by atoms with Crippen LogP contribution >= 0.6 is 35.0 Å². The highest BCUT2D eigenvalue weighted by Gasteiger charge is 2.13. The van der Waals surface area contributed by atoms with Gasteiger partial charge in [-0.25, -0.2) is 9.78 Å². The molecule has 114 valence electrons. The van der Waals surface area contributed by atoms with Gasteiger partial charge in [0.15, 0.2) is 0 Å². The van der Waals surface area contributed by atoms with Gasteiger partial charge in [0.05, 0.1) is 22.0 Å². The van der Waals surface area contributed by atoms with Gasteiger partial charge in [-0.15, -0.1) is 0 Å². The molecule has 5 nitrogen and oxygen atoms in total. The van der Waals surface area contributed by atoms with E-state index < -0.39 is 5.97 Å². The minimum atomic E-state index is -1.09. The number of hydrogen-bond donors (Lipinski definition) is 2. The van der Waals surface area contributed by atoms with Gasteiger partial charge in [0.25, 0.3) is 0 Å². The summed E-state index contributed by atoms with van der Waals surface area (Å²) in [5.74, 6) is -1.43. The first-order chi connectivity index (χ1) is 10.5. The van der Waals surface area contributed by atoms with E-state index in [1.807, 2.05) is 0 Å². The number of anilines is 1. The molecule has 8 heteroatoms. The van der Waals surface area contributed by atoms with Crippen molar-refractivity contribution in [2.45, 2.75) is 5.03 Å². The number of benzene rings is 1. The molecule has 2 aromatic rings. The lowest BCUT2D eigenvalue weighted by molar-refractivity contribution is -0.113. The zero-order valence-corrected chi connectivity index (χ0v) is 13.4. The Morgan fingerprint density at radius 2 is 2.05 bits per heavy atom. The second-order valence-corrected chi connectivity index (χ2v) is 5.93. The molecule has 0 fully saturated rings. The van der Waals surface area contributed by atoms with Crippen molar-refractivity contribution in [3.05, 3.63) is 52.1 Å². The lowest BCUT2D eigenvalue weighted by Crippen LogP contribution is -2.15. The maximum Gasteiger partial charge on any atom is 0.338 e. The van der Waals surface area contributed by atoms with E-state index in [-0.39, 0.29) is 22.2 Å². The topological polar surface area (TPSA) is 79.3 Å². The van der Waals surface area contributed by atoms with Crippen LogP contribution in [0.4, 0.5) is 5.69 Å². The third kappa shape index (κ3) is 4.37. The van der Waals surface area contributed by atoms with Gasteiger partial charge in [-0.2, -0.15) is 0 Å². The van der Waals surface area contributed by atoms with E-state index in [0.29, 0.717) is 15.7 Å². The first-order valence-electron chi connectivity index (χ1n) is 6.03. The van der Waals surface area contributed by atoms with Crippen molar-refractivity contribution in [1.29, 1.82) is 0 Å². The fourth-order valence-corrected chi connectivity index (χ4v) is 2.71. The molecule has 0 saturated heterocycles. The van der Waals surface area contributed by atoms with Crippen LogP contribution in [0.25, 0.3) is 0 Å². The number of nitrogens with zero attached hydrogens (tertiary/aromatic N) is 1. The number of amides is 1. The molecule has 1 heterocycles. The molecule has 22 heavy (non-hydrogen) atoms. The molecule has 0 atom stereocenters. The fraction of sp³-hybridized carbons (Fsp3) is 0.0714. The molecule has 1 aromatic heterocycles. The van der Waals surface area contributed by atoms with Crippen molar-refractivity contribution in [2.24, 2.45) is 0 Å². The molecule has 0 spiro atoms. The van der Waals surface area contributed by atoms with Crippen molar-refractivity contribution in [3.8, 4) is 0 Å². The summed E-state index contributed by atoms with van der Waals surface area (Å²) in [5, 5.41) is 12.8. The number of halogens is 2. The Kier molecular flexibility index (Phi) is 5.65. The average Bonchev–Trinajstić information content (AvgIpc) is 2.49. The average molecular weight is 357 g/mol. The van der Waals surface area contributed by atoms with Crippen LogP contribution in [0.1, 0.15) is 10.4 Å². The number of aromatic nitrogens is 1. The Hall–Kier alpha value is -1.76. The first-order valence-corrected chi connectivity index (χ1v) is 7.77. The number of hydrogen-bond acceptors (Lipinski definition) is 4. The minimum absolute atomic E-state index is 0.000134. The van der Waals surface area contributed by atoms with Crippen molar-refractivity contribution < 1.29 is 14.7 Å². The predicted octanol–water partition coefficient (Wildman–Crippen LogP) is 3.82. The summed E-state index contributed by atoms with van der Waals surface area (Å²) in [7, 11) is 0.